The fraction of sp³-hybridized carbons (Fsp3) is 0. The molecule has 0 radical (unpaired) electrons. The molecule has 0 aliphatic carbocycles. The first-order chi connectivity index (χ1) is 5.20. The van der Waals surface area contributed by atoms with Crippen LogP contribution in [-0.2, 0) is 76.3 Å². The van der Waals surface area contributed by atoms with Crippen LogP contribution in [-0.4, -0.2) is 17.4 Å². The Balaban J connectivity index is -0.0000000270. The summed E-state index contributed by atoms with van der Waals surface area (Å²) < 4.78 is 77.5. The molecule has 0 atom stereocenters. The zero-order valence-electron chi connectivity index (χ0n) is 6.33. The molecule has 14 heavy (non-hydrogen) atoms. The summed E-state index contributed by atoms with van der Waals surface area (Å²) in [6, 6.07) is 0. The van der Waals surface area contributed by atoms with Gasteiger partial charge in [0.05, 0.1) is 0 Å². The van der Waals surface area contributed by atoms with Crippen molar-refractivity contribution in [3.8, 4) is 0 Å². The van der Waals surface area contributed by atoms with Crippen molar-refractivity contribution >= 4 is 17.4 Å². The Hall–Kier alpha value is 3.54. The number of hydrogen-bond donors (Lipinski definition) is 0. The van der Waals surface area contributed by atoms with Gasteiger partial charge in [-0.1, -0.05) is 0 Å². The first-order valence-corrected chi connectivity index (χ1v) is 10.9. The van der Waals surface area contributed by atoms with Gasteiger partial charge in [-0.3, -0.25) is 0 Å². The standard InChI is InChI=1S/Al.La.9O.3Zr/q2*+3;;;;6*-1;;;. The van der Waals surface area contributed by atoms with E-state index in [-0.39, 0.29) is 53.0 Å². The summed E-state index contributed by atoms with van der Waals surface area (Å²) in [4.78, 5) is 0. The van der Waals surface area contributed by atoms with Crippen molar-refractivity contribution in [3.63, 3.8) is 0 Å². The van der Waals surface area contributed by atoms with Crippen LogP contribution in [0.3, 0.4) is 0 Å². The molecule has 0 saturated heterocycles. The Morgan fingerprint density at radius 2 is 0.571 bits per heavy atom. The maximum atomic E-state index is 8.61. The molecule has 0 rings (SSSR count). The third kappa shape index (κ3) is 262. The average Bonchev–Trinajstić information content (AvgIpc) is 1.54. The Labute approximate surface area is 145 Å². The maximum absolute atomic E-state index is 8.61. The summed E-state index contributed by atoms with van der Waals surface area (Å²) in [5.41, 5.74) is 0. The van der Waals surface area contributed by atoms with E-state index in [2.05, 4.69) is 0 Å². The first-order valence-electron chi connectivity index (χ1n) is 1.84. The van der Waals surface area contributed by atoms with Gasteiger partial charge in [0, 0.05) is 0 Å². The van der Waals surface area contributed by atoms with Gasteiger partial charge >= 0.3 is 148 Å². The van der Waals surface area contributed by atoms with Gasteiger partial charge in [0.25, 0.3) is 0 Å². The molecule has 0 heterocycles. The molecule has 0 aromatic carbocycles. The quantitative estimate of drug-likeness (QED) is 0.249. The van der Waals surface area contributed by atoms with Crippen molar-refractivity contribution in [2.45, 2.75) is 0 Å². The Kier molecular flexibility index (Phi) is 55.4. The monoisotopic (exact) mass is 580 g/mol. The van der Waals surface area contributed by atoms with E-state index in [0.717, 1.165) is 0 Å². The zero-order chi connectivity index (χ0) is 10.7. The summed E-state index contributed by atoms with van der Waals surface area (Å²) >= 11 is -12.9. The Morgan fingerprint density at radius 3 is 0.571 bits per heavy atom. The molecule has 0 amide bonds. The fourth-order valence-electron chi connectivity index (χ4n) is 0. The van der Waals surface area contributed by atoms with Crippen molar-refractivity contribution in [2.75, 3.05) is 0 Å². The molecule has 0 N–H and O–H groups in total. The molecular weight excluding hydrogens is 584 g/mol. The van der Waals surface area contributed by atoms with Crippen LogP contribution in [0.5, 0.6) is 0 Å². The van der Waals surface area contributed by atoms with E-state index in [0.29, 0.717) is 0 Å². The Bertz CT molecular complexity index is 118. The van der Waals surface area contributed by atoms with E-state index in [4.69, 9.17) is 27.5 Å². The van der Waals surface area contributed by atoms with Gasteiger partial charge < -0.3 is 0 Å². The van der Waals surface area contributed by atoms with Crippen LogP contribution in [0.25, 0.3) is 0 Å². The molecule has 0 unspecified atom stereocenters. The van der Waals surface area contributed by atoms with Crippen LogP contribution in [0, 0.1) is 35.6 Å². The van der Waals surface area contributed by atoms with E-state index in [9.17, 15) is 0 Å². The Morgan fingerprint density at radius 1 is 0.571 bits per heavy atom. The summed E-state index contributed by atoms with van der Waals surface area (Å²) in [7, 11) is 0. The third-order valence-electron chi connectivity index (χ3n) is 0. The van der Waals surface area contributed by atoms with Gasteiger partial charge in [0.2, 0.25) is 0 Å². The van der Waals surface area contributed by atoms with Gasteiger partial charge in [-0.2, -0.15) is 0 Å². The van der Waals surface area contributed by atoms with Crippen molar-refractivity contribution in [2.24, 2.45) is 0 Å². The second-order valence-corrected chi connectivity index (χ2v) is 4.44. The third-order valence-corrected chi connectivity index (χ3v) is 0. The van der Waals surface area contributed by atoms with E-state index in [1.54, 1.807) is 0 Å². The van der Waals surface area contributed by atoms with Crippen molar-refractivity contribution < 1.29 is 131 Å². The molecule has 14 heteroatoms. The molecule has 0 saturated carbocycles. The van der Waals surface area contributed by atoms with E-state index in [1.807, 2.05) is 0 Å². The molecular formula is AlLaO9Zr3. The van der Waals surface area contributed by atoms with Gasteiger partial charge in [-0.05, 0) is 0 Å². The second kappa shape index (κ2) is 25.4. The molecule has 0 aliphatic heterocycles. The topological polar surface area (TPSA) is 190 Å². The van der Waals surface area contributed by atoms with Crippen molar-refractivity contribution in [3.05, 3.63) is 0 Å². The zero-order valence-corrected chi connectivity index (χ0v) is 18.5. The number of hydrogen-bond acceptors (Lipinski definition) is 9. The predicted octanol–water partition coefficient (Wildman–Crippen LogP) is -7.88. The van der Waals surface area contributed by atoms with Gasteiger partial charge in [-0.25, -0.2) is 0 Å². The van der Waals surface area contributed by atoms with Crippen LogP contribution in [0.15, 0.2) is 0 Å². The van der Waals surface area contributed by atoms with Gasteiger partial charge in [-0.15, -0.1) is 0 Å². The molecule has 0 bridgehead atoms. The van der Waals surface area contributed by atoms with Crippen LogP contribution >= 0.6 is 0 Å². The first kappa shape index (κ1) is 30.5. The molecule has 0 aliphatic rings. The van der Waals surface area contributed by atoms with Crippen molar-refractivity contribution in [1.82, 2.24) is 0 Å². The van der Waals surface area contributed by atoms with E-state index >= 15 is 0 Å². The minimum absolute atomic E-state index is 0. The van der Waals surface area contributed by atoms with Crippen molar-refractivity contribution in [1.29, 1.82) is 0 Å². The minimum atomic E-state index is -4.29. The molecule has 0 aromatic rings. The summed E-state index contributed by atoms with van der Waals surface area (Å²) in [6.07, 6.45) is 0. The molecule has 9 nitrogen and oxygen atoms in total. The molecule has 72 valence electrons. The van der Waals surface area contributed by atoms with E-state index in [1.165, 1.54) is 0 Å². The molecule has 0 spiro atoms. The van der Waals surface area contributed by atoms with Crippen LogP contribution in [0.4, 0.5) is 0 Å². The predicted molar refractivity (Wildman–Crippen MR) is 7.81 cm³/mol. The molecule has 0 fully saturated rings. The molecule has 0 aromatic heterocycles. The number of rotatable bonds is 0. The van der Waals surface area contributed by atoms with Crippen LogP contribution < -0.4 is 19.1 Å². The van der Waals surface area contributed by atoms with Gasteiger partial charge in [0.15, 0.2) is 0 Å². The van der Waals surface area contributed by atoms with Crippen LogP contribution in [0.1, 0.15) is 0 Å². The summed E-state index contributed by atoms with van der Waals surface area (Å²) in [6.45, 7) is 0. The second-order valence-electron chi connectivity index (χ2n) is 0.750. The van der Waals surface area contributed by atoms with Gasteiger partial charge in [0.1, 0.15) is 0 Å². The summed E-state index contributed by atoms with van der Waals surface area (Å²) in [5, 5.41) is 0. The summed E-state index contributed by atoms with van der Waals surface area (Å²) in [5.74, 6) is 0. The normalized spacial score (nSPS) is 5.57. The fourth-order valence-corrected chi connectivity index (χ4v) is 0. The SMILES string of the molecule is [Al+3].[La+3].[O]=[Zr]([O-])[O-].[O]=[Zr]([O-])[O-].[O]=[Zr]([O-])[O-]. The van der Waals surface area contributed by atoms with Crippen LogP contribution in [0.2, 0.25) is 0 Å². The average molecular weight is 584 g/mol. The van der Waals surface area contributed by atoms with E-state index < -0.39 is 67.9 Å².